The summed E-state index contributed by atoms with van der Waals surface area (Å²) in [6.45, 7) is 1.89. The lowest BCUT2D eigenvalue weighted by atomic mass is 9.89. The Morgan fingerprint density at radius 1 is 1.21 bits per heavy atom. The van der Waals surface area contributed by atoms with Gasteiger partial charge >= 0.3 is 0 Å². The predicted octanol–water partition coefficient (Wildman–Crippen LogP) is 2.03. The van der Waals surface area contributed by atoms with E-state index in [9.17, 15) is 4.79 Å². The Hall–Kier alpha value is -1.35. The first-order valence-electron chi connectivity index (χ1n) is 7.23. The molecule has 0 spiro atoms. The Bertz CT molecular complexity index is 445. The molecule has 1 N–H and O–H groups in total. The van der Waals surface area contributed by atoms with Crippen LogP contribution in [0.25, 0.3) is 0 Å². The van der Waals surface area contributed by atoms with Crippen molar-refractivity contribution in [1.82, 2.24) is 10.2 Å². The number of benzene rings is 1. The molecule has 3 nitrogen and oxygen atoms in total. The highest BCUT2D eigenvalue weighted by molar-refractivity contribution is 5.77. The molecule has 2 aliphatic rings. The Labute approximate surface area is 115 Å². The minimum absolute atomic E-state index is 0.243. The van der Waals surface area contributed by atoms with Crippen LogP contribution in [0.4, 0.5) is 0 Å². The van der Waals surface area contributed by atoms with Gasteiger partial charge in [-0.2, -0.15) is 0 Å². The van der Waals surface area contributed by atoms with Crippen molar-refractivity contribution >= 4 is 5.91 Å². The second kappa shape index (κ2) is 5.33. The van der Waals surface area contributed by atoms with E-state index in [-0.39, 0.29) is 5.91 Å². The van der Waals surface area contributed by atoms with E-state index in [0.717, 1.165) is 19.5 Å². The molecule has 3 heteroatoms. The molecular weight excluding hydrogens is 236 g/mol. The number of rotatable bonds is 3. The fraction of sp³-hybridized carbons (Fsp3) is 0.562. The van der Waals surface area contributed by atoms with Crippen LogP contribution in [0, 0.1) is 11.8 Å². The number of carbonyl (C=O) groups excluding carboxylic acids is 1. The first-order chi connectivity index (χ1) is 9.22. The third-order valence-corrected chi connectivity index (χ3v) is 4.72. The minimum atomic E-state index is 0.243. The maximum absolute atomic E-state index is 11.4. The number of nitrogens with zero attached hydrogens (tertiary/aromatic N) is 1. The minimum Gasteiger partial charge on any atom is -0.356 e. The van der Waals surface area contributed by atoms with Crippen molar-refractivity contribution in [1.29, 1.82) is 0 Å². The smallest absolute Gasteiger partial charge is 0.220 e. The topological polar surface area (TPSA) is 32.3 Å². The quantitative estimate of drug-likeness (QED) is 0.900. The van der Waals surface area contributed by atoms with E-state index in [1.807, 2.05) is 0 Å². The van der Waals surface area contributed by atoms with Gasteiger partial charge in [0.05, 0.1) is 0 Å². The van der Waals surface area contributed by atoms with Crippen LogP contribution in [0.15, 0.2) is 30.3 Å². The highest BCUT2D eigenvalue weighted by atomic mass is 16.1. The van der Waals surface area contributed by atoms with Crippen LogP contribution in [-0.4, -0.2) is 30.4 Å². The molecule has 1 saturated carbocycles. The molecule has 1 aromatic carbocycles. The van der Waals surface area contributed by atoms with Crippen LogP contribution in [0.5, 0.6) is 0 Å². The Kier molecular flexibility index (Phi) is 3.56. The molecule has 3 unspecified atom stereocenters. The number of fused-ring (bicyclic) bond motifs is 1. The second-order valence-corrected chi connectivity index (χ2v) is 6.05. The molecule has 1 amide bonds. The van der Waals surface area contributed by atoms with Gasteiger partial charge < -0.3 is 5.32 Å². The van der Waals surface area contributed by atoms with Crippen molar-refractivity contribution in [3.63, 3.8) is 0 Å². The van der Waals surface area contributed by atoms with Crippen LogP contribution in [0.2, 0.25) is 0 Å². The van der Waals surface area contributed by atoms with Crippen molar-refractivity contribution in [2.75, 3.05) is 13.6 Å². The molecule has 1 aliphatic carbocycles. The summed E-state index contributed by atoms with van der Waals surface area (Å²) >= 11 is 0. The average molecular weight is 258 g/mol. The maximum Gasteiger partial charge on any atom is 0.220 e. The van der Waals surface area contributed by atoms with E-state index in [4.69, 9.17) is 0 Å². The van der Waals surface area contributed by atoms with Crippen molar-refractivity contribution < 1.29 is 4.79 Å². The van der Waals surface area contributed by atoms with Crippen LogP contribution in [-0.2, 0) is 11.3 Å². The highest BCUT2D eigenvalue weighted by Crippen LogP contribution is 2.38. The fourth-order valence-corrected chi connectivity index (χ4v) is 3.60. The SMILES string of the molecule is CN(Cc1ccccc1)C1CC2CNC(=O)CC2C1. The van der Waals surface area contributed by atoms with Crippen molar-refractivity contribution in [3.8, 4) is 0 Å². The zero-order valence-electron chi connectivity index (χ0n) is 11.5. The largest absolute Gasteiger partial charge is 0.356 e. The zero-order chi connectivity index (χ0) is 13.2. The Balaban J connectivity index is 1.60. The lowest BCUT2D eigenvalue weighted by Crippen LogP contribution is -2.38. The molecule has 1 saturated heterocycles. The molecule has 0 aromatic heterocycles. The molecule has 1 heterocycles. The van der Waals surface area contributed by atoms with Gasteiger partial charge in [-0.3, -0.25) is 9.69 Å². The van der Waals surface area contributed by atoms with E-state index in [2.05, 4.69) is 47.6 Å². The summed E-state index contributed by atoms with van der Waals surface area (Å²) in [6, 6.07) is 11.3. The van der Waals surface area contributed by atoms with Gasteiger partial charge in [-0.1, -0.05) is 30.3 Å². The summed E-state index contributed by atoms with van der Waals surface area (Å²) in [5.74, 6) is 1.55. The summed E-state index contributed by atoms with van der Waals surface area (Å²) in [4.78, 5) is 13.9. The van der Waals surface area contributed by atoms with E-state index in [0.29, 0.717) is 17.9 Å². The zero-order valence-corrected chi connectivity index (χ0v) is 11.5. The number of nitrogens with one attached hydrogen (secondary N) is 1. The lowest BCUT2D eigenvalue weighted by molar-refractivity contribution is -0.124. The molecule has 1 aromatic rings. The van der Waals surface area contributed by atoms with Crippen molar-refractivity contribution in [3.05, 3.63) is 35.9 Å². The van der Waals surface area contributed by atoms with Crippen molar-refractivity contribution in [2.24, 2.45) is 11.8 Å². The summed E-state index contributed by atoms with van der Waals surface area (Å²) < 4.78 is 0. The van der Waals surface area contributed by atoms with Crippen LogP contribution in [0.1, 0.15) is 24.8 Å². The van der Waals surface area contributed by atoms with Crippen molar-refractivity contribution in [2.45, 2.75) is 31.8 Å². The van der Waals surface area contributed by atoms with E-state index >= 15 is 0 Å². The first-order valence-corrected chi connectivity index (χ1v) is 7.23. The van der Waals surface area contributed by atoms with E-state index in [1.165, 1.54) is 18.4 Å². The summed E-state index contributed by atoms with van der Waals surface area (Å²) in [5, 5.41) is 3.01. The Morgan fingerprint density at radius 3 is 2.74 bits per heavy atom. The third-order valence-electron chi connectivity index (χ3n) is 4.72. The van der Waals surface area contributed by atoms with E-state index < -0.39 is 0 Å². The summed E-state index contributed by atoms with van der Waals surface area (Å²) in [5.41, 5.74) is 1.37. The third kappa shape index (κ3) is 2.81. The first kappa shape index (κ1) is 12.7. The molecule has 3 rings (SSSR count). The maximum atomic E-state index is 11.4. The van der Waals surface area contributed by atoms with Gasteiger partial charge in [0.2, 0.25) is 5.91 Å². The number of hydrogen-bond acceptors (Lipinski definition) is 2. The molecular formula is C16H22N2O. The monoisotopic (exact) mass is 258 g/mol. The number of hydrogen-bond donors (Lipinski definition) is 1. The molecule has 1 aliphatic heterocycles. The van der Waals surface area contributed by atoms with Gasteiger partial charge in [-0.05, 0) is 37.3 Å². The molecule has 19 heavy (non-hydrogen) atoms. The molecule has 3 atom stereocenters. The molecule has 0 bridgehead atoms. The van der Waals surface area contributed by atoms with Gasteiger partial charge in [-0.25, -0.2) is 0 Å². The van der Waals surface area contributed by atoms with Gasteiger partial charge in [0.1, 0.15) is 0 Å². The Morgan fingerprint density at radius 2 is 1.95 bits per heavy atom. The van der Waals surface area contributed by atoms with Gasteiger partial charge in [0, 0.05) is 25.6 Å². The summed E-state index contributed by atoms with van der Waals surface area (Å²) in [7, 11) is 2.21. The molecule has 2 fully saturated rings. The normalized spacial score (nSPS) is 30.2. The number of amides is 1. The number of carbonyl (C=O) groups is 1. The summed E-state index contributed by atoms with van der Waals surface area (Å²) in [6.07, 6.45) is 3.15. The molecule has 102 valence electrons. The molecule has 0 radical (unpaired) electrons. The van der Waals surface area contributed by atoms with Crippen LogP contribution >= 0.6 is 0 Å². The van der Waals surface area contributed by atoms with Gasteiger partial charge in [-0.15, -0.1) is 0 Å². The lowest BCUT2D eigenvalue weighted by Gasteiger charge is -2.24. The average Bonchev–Trinajstić information content (AvgIpc) is 2.83. The van der Waals surface area contributed by atoms with Crippen LogP contribution in [0.3, 0.4) is 0 Å². The standard InChI is InChI=1S/C16H22N2O/c1-18(11-12-5-3-2-4-6-12)15-7-13-9-16(19)17-10-14(13)8-15/h2-6,13-15H,7-11H2,1H3,(H,17,19). The highest BCUT2D eigenvalue weighted by Gasteiger charge is 2.39. The predicted molar refractivity (Wildman–Crippen MR) is 75.5 cm³/mol. The van der Waals surface area contributed by atoms with Crippen LogP contribution < -0.4 is 5.32 Å². The fourth-order valence-electron chi connectivity index (χ4n) is 3.60. The number of piperidine rings is 1. The van der Waals surface area contributed by atoms with Gasteiger partial charge in [0.15, 0.2) is 0 Å². The van der Waals surface area contributed by atoms with Gasteiger partial charge in [0.25, 0.3) is 0 Å². The van der Waals surface area contributed by atoms with E-state index in [1.54, 1.807) is 0 Å². The second-order valence-electron chi connectivity index (χ2n) is 6.05.